The van der Waals surface area contributed by atoms with Gasteiger partial charge in [-0.2, -0.15) is 0 Å². The maximum Gasteiger partial charge on any atom is 0.231 e. The number of thioether (sulfide) groups is 1. The van der Waals surface area contributed by atoms with Crippen LogP contribution in [-0.2, 0) is 0 Å². The molecule has 0 fully saturated rings. The molecule has 2 aromatic rings. The summed E-state index contributed by atoms with van der Waals surface area (Å²) >= 11 is 1.54. The number of ether oxygens (including phenoxy) is 2. The van der Waals surface area contributed by atoms with E-state index in [-0.39, 0.29) is 12.6 Å². The van der Waals surface area contributed by atoms with E-state index in [1.165, 1.54) is 0 Å². The number of hydrogen-bond donors (Lipinski definition) is 0. The minimum absolute atomic E-state index is 0.0599. The second-order valence-corrected chi connectivity index (χ2v) is 5.99. The van der Waals surface area contributed by atoms with E-state index in [4.69, 9.17) is 9.47 Å². The van der Waals surface area contributed by atoms with Gasteiger partial charge in [-0.1, -0.05) is 11.8 Å². The molecule has 0 radical (unpaired) electrons. The Bertz CT molecular complexity index is 789. The van der Waals surface area contributed by atoms with Crippen molar-refractivity contribution in [2.75, 3.05) is 18.7 Å². The highest BCUT2D eigenvalue weighted by molar-refractivity contribution is 8.03. The van der Waals surface area contributed by atoms with Crippen molar-refractivity contribution in [1.82, 2.24) is 4.98 Å². The molecule has 2 aliphatic heterocycles. The first-order chi connectivity index (χ1) is 10.7. The third-order valence-corrected chi connectivity index (χ3v) is 4.71. The number of fused-ring (bicyclic) bond motifs is 2. The van der Waals surface area contributed by atoms with Crippen LogP contribution in [0.5, 0.6) is 11.5 Å². The van der Waals surface area contributed by atoms with Gasteiger partial charge in [0, 0.05) is 48.1 Å². The number of aromatic nitrogens is 1. The summed E-state index contributed by atoms with van der Waals surface area (Å²) in [5.41, 5.74) is 1.59. The second-order valence-electron chi connectivity index (χ2n) is 4.92. The van der Waals surface area contributed by atoms with Crippen LogP contribution in [0.1, 0.15) is 10.4 Å². The van der Waals surface area contributed by atoms with Gasteiger partial charge < -0.3 is 14.4 Å². The number of anilines is 1. The zero-order valence-corrected chi connectivity index (χ0v) is 12.6. The summed E-state index contributed by atoms with van der Waals surface area (Å²) in [6, 6.07) is 7.41. The van der Waals surface area contributed by atoms with Gasteiger partial charge in [0.25, 0.3) is 0 Å². The third-order valence-electron chi connectivity index (χ3n) is 3.56. The Labute approximate surface area is 131 Å². The molecule has 0 aliphatic carbocycles. The smallest absolute Gasteiger partial charge is 0.231 e. The summed E-state index contributed by atoms with van der Waals surface area (Å²) in [7, 11) is 1.93. The van der Waals surface area contributed by atoms with Crippen LogP contribution >= 0.6 is 11.8 Å². The van der Waals surface area contributed by atoms with E-state index >= 15 is 0 Å². The molecule has 0 spiro atoms. The van der Waals surface area contributed by atoms with Crippen LogP contribution in [0.2, 0.25) is 0 Å². The molecule has 0 unspecified atom stereocenters. The van der Waals surface area contributed by atoms with E-state index in [2.05, 4.69) is 4.98 Å². The van der Waals surface area contributed by atoms with Gasteiger partial charge in [-0.25, -0.2) is 0 Å². The number of pyridine rings is 1. The highest BCUT2D eigenvalue weighted by Crippen LogP contribution is 2.50. The average Bonchev–Trinajstić information content (AvgIpc) is 3.11. The molecular weight excluding hydrogens is 300 g/mol. The predicted octanol–water partition coefficient (Wildman–Crippen LogP) is 3.08. The number of carbonyl (C=O) groups excluding carboxylic acids is 1. The number of allylic oxidation sites excluding steroid dienone is 1. The Kier molecular flexibility index (Phi) is 3.04. The number of benzene rings is 1. The fraction of sp³-hybridized carbons (Fsp3) is 0.125. The number of nitrogens with zero attached hydrogens (tertiary/aromatic N) is 2. The van der Waals surface area contributed by atoms with Gasteiger partial charge in [-0.15, -0.1) is 0 Å². The molecule has 3 heterocycles. The lowest BCUT2D eigenvalue weighted by atomic mass is 10.2. The molecule has 4 rings (SSSR count). The third kappa shape index (κ3) is 2.12. The summed E-state index contributed by atoms with van der Waals surface area (Å²) in [6.07, 6.45) is 4.86. The van der Waals surface area contributed by atoms with Crippen LogP contribution in [0, 0.1) is 0 Å². The van der Waals surface area contributed by atoms with Crippen LogP contribution in [0.25, 0.3) is 0 Å². The maximum absolute atomic E-state index is 12.3. The first-order valence-electron chi connectivity index (χ1n) is 6.73. The van der Waals surface area contributed by atoms with Gasteiger partial charge in [-0.3, -0.25) is 9.78 Å². The SMILES string of the molecule is CN1C(=CC(=O)c2cccnc2)Sc2cc3c(cc21)OCO3. The van der Waals surface area contributed by atoms with Gasteiger partial charge in [0.05, 0.1) is 10.7 Å². The summed E-state index contributed by atoms with van der Waals surface area (Å²) < 4.78 is 10.8. The van der Waals surface area contributed by atoms with Crippen molar-refractivity contribution in [1.29, 1.82) is 0 Å². The van der Waals surface area contributed by atoms with Gasteiger partial charge in [0.2, 0.25) is 6.79 Å². The zero-order chi connectivity index (χ0) is 15.1. The molecule has 0 amide bonds. The maximum atomic E-state index is 12.3. The Balaban J connectivity index is 1.66. The van der Waals surface area contributed by atoms with E-state index in [1.807, 2.05) is 24.1 Å². The van der Waals surface area contributed by atoms with Gasteiger partial charge in [0.1, 0.15) is 0 Å². The summed E-state index contributed by atoms with van der Waals surface area (Å²) in [5.74, 6) is 1.43. The van der Waals surface area contributed by atoms with Crippen LogP contribution < -0.4 is 14.4 Å². The Morgan fingerprint density at radius 1 is 1.36 bits per heavy atom. The fourth-order valence-corrected chi connectivity index (χ4v) is 3.48. The average molecular weight is 312 g/mol. The highest BCUT2D eigenvalue weighted by Gasteiger charge is 2.27. The number of rotatable bonds is 2. The molecular formula is C16H12N2O3S. The van der Waals surface area contributed by atoms with Crippen LogP contribution in [0.15, 0.2) is 52.7 Å². The van der Waals surface area contributed by atoms with Crippen molar-refractivity contribution in [2.24, 2.45) is 0 Å². The highest BCUT2D eigenvalue weighted by atomic mass is 32.2. The van der Waals surface area contributed by atoms with Gasteiger partial charge in [0.15, 0.2) is 17.3 Å². The van der Waals surface area contributed by atoms with E-state index in [1.54, 1.807) is 42.4 Å². The molecule has 110 valence electrons. The van der Waals surface area contributed by atoms with Crippen molar-refractivity contribution in [3.63, 3.8) is 0 Å². The van der Waals surface area contributed by atoms with Crippen molar-refractivity contribution >= 4 is 23.2 Å². The molecule has 0 saturated heterocycles. The molecule has 0 N–H and O–H groups in total. The lowest BCUT2D eigenvalue weighted by Crippen LogP contribution is -2.11. The quantitative estimate of drug-likeness (QED) is 0.627. The molecule has 5 nitrogen and oxygen atoms in total. The Morgan fingerprint density at radius 2 is 2.18 bits per heavy atom. The molecule has 6 heteroatoms. The van der Waals surface area contributed by atoms with E-state index < -0.39 is 0 Å². The van der Waals surface area contributed by atoms with Crippen molar-refractivity contribution in [3.05, 3.63) is 53.3 Å². The first kappa shape index (κ1) is 13.2. The Morgan fingerprint density at radius 3 is 2.95 bits per heavy atom. The van der Waals surface area contributed by atoms with Gasteiger partial charge in [-0.05, 0) is 12.1 Å². The molecule has 0 saturated carbocycles. The summed E-state index contributed by atoms with van der Waals surface area (Å²) in [5, 5.41) is 0.868. The number of hydrogen-bond acceptors (Lipinski definition) is 6. The normalized spacial score (nSPS) is 17.0. The van der Waals surface area contributed by atoms with Crippen molar-refractivity contribution in [2.45, 2.75) is 4.90 Å². The minimum Gasteiger partial charge on any atom is -0.454 e. The summed E-state index contributed by atoms with van der Waals surface area (Å²) in [6.45, 7) is 0.259. The molecule has 1 aromatic heterocycles. The van der Waals surface area contributed by atoms with Crippen LogP contribution in [0.4, 0.5) is 5.69 Å². The predicted molar refractivity (Wildman–Crippen MR) is 83.5 cm³/mol. The molecule has 0 bridgehead atoms. The molecule has 22 heavy (non-hydrogen) atoms. The lowest BCUT2D eigenvalue weighted by molar-refractivity contribution is 0.104. The number of ketones is 1. The van der Waals surface area contributed by atoms with Crippen molar-refractivity contribution in [3.8, 4) is 11.5 Å². The second kappa shape index (κ2) is 5.06. The van der Waals surface area contributed by atoms with E-state index in [0.29, 0.717) is 5.56 Å². The molecule has 1 aromatic carbocycles. The molecule has 0 atom stereocenters. The standard InChI is InChI=1S/C16H12N2O3S/c1-18-11-5-13-14(21-9-20-13)7-15(11)22-16(18)6-12(19)10-3-2-4-17-8-10/h2-8H,9H2,1H3. The van der Waals surface area contributed by atoms with Crippen LogP contribution in [0.3, 0.4) is 0 Å². The zero-order valence-electron chi connectivity index (χ0n) is 11.8. The van der Waals surface area contributed by atoms with Gasteiger partial charge >= 0.3 is 0 Å². The fourth-order valence-electron chi connectivity index (χ4n) is 2.39. The topological polar surface area (TPSA) is 51.7 Å². The number of carbonyl (C=O) groups is 1. The molecule has 2 aliphatic rings. The Hall–Kier alpha value is -2.47. The van der Waals surface area contributed by atoms with E-state index in [0.717, 1.165) is 27.1 Å². The van der Waals surface area contributed by atoms with Crippen molar-refractivity contribution < 1.29 is 14.3 Å². The minimum atomic E-state index is -0.0599. The van der Waals surface area contributed by atoms with Crippen LogP contribution in [-0.4, -0.2) is 24.6 Å². The lowest BCUT2D eigenvalue weighted by Gasteiger charge is -2.13. The largest absolute Gasteiger partial charge is 0.454 e. The first-order valence-corrected chi connectivity index (χ1v) is 7.55. The van der Waals surface area contributed by atoms with E-state index in [9.17, 15) is 4.79 Å². The monoisotopic (exact) mass is 312 g/mol. The summed E-state index contributed by atoms with van der Waals surface area (Å²) in [4.78, 5) is 19.3.